The zero-order valence-corrected chi connectivity index (χ0v) is 9.26. The van der Waals surface area contributed by atoms with E-state index in [-0.39, 0.29) is 5.82 Å². The number of aromatic nitrogens is 3. The lowest BCUT2D eigenvalue weighted by molar-refractivity contribution is 0.631. The summed E-state index contributed by atoms with van der Waals surface area (Å²) in [5, 5.41) is 7.97. The van der Waals surface area contributed by atoms with Crippen molar-refractivity contribution in [1.82, 2.24) is 14.6 Å². The maximum absolute atomic E-state index is 13.7. The summed E-state index contributed by atoms with van der Waals surface area (Å²) < 4.78 is 15.5. The molecule has 4 heteroatoms. The second-order valence-corrected chi connectivity index (χ2v) is 3.87. The molecule has 0 bridgehead atoms. The van der Waals surface area contributed by atoms with E-state index in [1.165, 1.54) is 6.07 Å². The topological polar surface area (TPSA) is 30.2 Å². The molecule has 0 saturated heterocycles. The number of nitrogens with zero attached hydrogens (tertiary/aromatic N) is 3. The zero-order valence-electron chi connectivity index (χ0n) is 9.26. The Balaban J connectivity index is 2.24. The molecule has 0 radical (unpaired) electrons. The fourth-order valence-corrected chi connectivity index (χ4v) is 1.86. The number of pyridine rings is 1. The second-order valence-electron chi connectivity index (χ2n) is 3.87. The van der Waals surface area contributed by atoms with Crippen LogP contribution in [0, 0.1) is 12.7 Å². The molecule has 84 valence electrons. The van der Waals surface area contributed by atoms with Crippen LogP contribution in [0.3, 0.4) is 0 Å². The molecule has 0 amide bonds. The van der Waals surface area contributed by atoms with Crippen LogP contribution >= 0.6 is 0 Å². The van der Waals surface area contributed by atoms with Crippen molar-refractivity contribution in [3.8, 4) is 11.1 Å². The summed E-state index contributed by atoms with van der Waals surface area (Å²) in [6, 6.07) is 10.4. The highest BCUT2D eigenvalue weighted by molar-refractivity contribution is 5.65. The summed E-state index contributed by atoms with van der Waals surface area (Å²) in [5.41, 5.74) is 2.17. The van der Waals surface area contributed by atoms with Gasteiger partial charge in [-0.2, -0.15) is 0 Å². The van der Waals surface area contributed by atoms with Gasteiger partial charge in [0, 0.05) is 17.3 Å². The summed E-state index contributed by atoms with van der Waals surface area (Å²) in [5.74, 6) is 0.566. The quantitative estimate of drug-likeness (QED) is 0.640. The molecule has 0 N–H and O–H groups in total. The average Bonchev–Trinajstić information content (AvgIpc) is 2.71. The van der Waals surface area contributed by atoms with E-state index >= 15 is 0 Å². The molecule has 0 aliphatic carbocycles. The Morgan fingerprint density at radius 1 is 1.06 bits per heavy atom. The van der Waals surface area contributed by atoms with Gasteiger partial charge in [-0.25, -0.2) is 4.39 Å². The van der Waals surface area contributed by atoms with Crippen molar-refractivity contribution >= 4 is 5.65 Å². The van der Waals surface area contributed by atoms with Gasteiger partial charge < -0.3 is 0 Å². The van der Waals surface area contributed by atoms with E-state index in [9.17, 15) is 4.39 Å². The summed E-state index contributed by atoms with van der Waals surface area (Å²) in [4.78, 5) is 0. The molecule has 2 aromatic heterocycles. The monoisotopic (exact) mass is 227 g/mol. The smallest absolute Gasteiger partial charge is 0.160 e. The van der Waals surface area contributed by atoms with E-state index < -0.39 is 0 Å². The van der Waals surface area contributed by atoms with Gasteiger partial charge in [0.25, 0.3) is 0 Å². The number of fused-ring (bicyclic) bond motifs is 1. The number of benzene rings is 1. The van der Waals surface area contributed by atoms with Gasteiger partial charge in [-0.1, -0.05) is 18.2 Å². The minimum atomic E-state index is -0.224. The minimum Gasteiger partial charge on any atom is -0.286 e. The maximum atomic E-state index is 13.7. The predicted octanol–water partition coefficient (Wildman–Crippen LogP) is 2.84. The van der Waals surface area contributed by atoms with Gasteiger partial charge in [0.1, 0.15) is 11.6 Å². The van der Waals surface area contributed by atoms with E-state index in [4.69, 9.17) is 0 Å². The van der Waals surface area contributed by atoms with Crippen LogP contribution in [0.4, 0.5) is 4.39 Å². The van der Waals surface area contributed by atoms with Crippen molar-refractivity contribution in [3.05, 3.63) is 54.2 Å². The van der Waals surface area contributed by atoms with Crippen LogP contribution in [0.15, 0.2) is 42.6 Å². The zero-order chi connectivity index (χ0) is 11.8. The molecular weight excluding hydrogens is 217 g/mol. The second kappa shape index (κ2) is 3.66. The van der Waals surface area contributed by atoms with Gasteiger partial charge in [-0.05, 0) is 25.1 Å². The first-order chi connectivity index (χ1) is 8.25. The molecule has 0 saturated carbocycles. The van der Waals surface area contributed by atoms with E-state index in [1.807, 2.05) is 35.7 Å². The number of halogens is 1. The third-order valence-electron chi connectivity index (χ3n) is 2.76. The number of hydrogen-bond acceptors (Lipinski definition) is 2. The van der Waals surface area contributed by atoms with Crippen molar-refractivity contribution in [2.45, 2.75) is 6.92 Å². The Labute approximate surface area is 97.5 Å². The average molecular weight is 227 g/mol. The van der Waals surface area contributed by atoms with Crippen LogP contribution in [0.25, 0.3) is 16.8 Å². The van der Waals surface area contributed by atoms with E-state index in [0.29, 0.717) is 5.56 Å². The normalized spacial score (nSPS) is 10.9. The van der Waals surface area contributed by atoms with Crippen molar-refractivity contribution in [3.63, 3.8) is 0 Å². The minimum absolute atomic E-state index is 0.224. The van der Waals surface area contributed by atoms with Gasteiger partial charge in [0.15, 0.2) is 5.65 Å². The van der Waals surface area contributed by atoms with Crippen molar-refractivity contribution < 1.29 is 4.39 Å². The van der Waals surface area contributed by atoms with Gasteiger partial charge in [0.05, 0.1) is 0 Å². The maximum Gasteiger partial charge on any atom is 0.160 e. The lowest BCUT2D eigenvalue weighted by Gasteiger charge is -2.04. The van der Waals surface area contributed by atoms with Crippen molar-refractivity contribution in [1.29, 1.82) is 0 Å². The Hall–Kier alpha value is -2.23. The molecular formula is C13H10FN3. The Kier molecular flexibility index (Phi) is 2.14. The molecule has 0 aliphatic rings. The number of aryl methyl sites for hydroxylation is 1. The highest BCUT2D eigenvalue weighted by atomic mass is 19.1. The molecule has 0 atom stereocenters. The van der Waals surface area contributed by atoms with Crippen LogP contribution in [0.1, 0.15) is 5.82 Å². The molecule has 3 aromatic rings. The van der Waals surface area contributed by atoms with Crippen molar-refractivity contribution in [2.24, 2.45) is 0 Å². The molecule has 17 heavy (non-hydrogen) atoms. The first kappa shape index (κ1) is 9.96. The SMILES string of the molecule is Cc1nnc2ccc(-c3ccccc3F)cn12. The number of hydrogen-bond donors (Lipinski definition) is 0. The highest BCUT2D eigenvalue weighted by Gasteiger charge is 2.06. The van der Waals surface area contributed by atoms with Crippen LogP contribution < -0.4 is 0 Å². The van der Waals surface area contributed by atoms with E-state index in [1.54, 1.807) is 12.1 Å². The number of rotatable bonds is 1. The molecule has 3 nitrogen and oxygen atoms in total. The van der Waals surface area contributed by atoms with Gasteiger partial charge >= 0.3 is 0 Å². The summed E-state index contributed by atoms with van der Waals surface area (Å²) in [6.07, 6.45) is 1.85. The lowest BCUT2D eigenvalue weighted by Crippen LogP contribution is -1.90. The fraction of sp³-hybridized carbons (Fsp3) is 0.0769. The largest absolute Gasteiger partial charge is 0.286 e. The summed E-state index contributed by atoms with van der Waals surface area (Å²) in [6.45, 7) is 1.87. The first-order valence-corrected chi connectivity index (χ1v) is 5.32. The summed E-state index contributed by atoms with van der Waals surface area (Å²) in [7, 11) is 0. The Bertz CT molecular complexity index is 688. The van der Waals surface area contributed by atoms with E-state index in [2.05, 4.69) is 10.2 Å². The molecule has 2 heterocycles. The first-order valence-electron chi connectivity index (χ1n) is 5.32. The third kappa shape index (κ3) is 1.58. The van der Waals surface area contributed by atoms with Crippen molar-refractivity contribution in [2.75, 3.05) is 0 Å². The third-order valence-corrected chi connectivity index (χ3v) is 2.76. The lowest BCUT2D eigenvalue weighted by atomic mass is 10.1. The molecule has 0 fully saturated rings. The molecule has 0 unspecified atom stereocenters. The molecule has 3 rings (SSSR count). The predicted molar refractivity (Wildman–Crippen MR) is 63.1 cm³/mol. The molecule has 0 spiro atoms. The van der Waals surface area contributed by atoms with Crippen LogP contribution in [0.2, 0.25) is 0 Å². The van der Waals surface area contributed by atoms with Gasteiger partial charge in [0.2, 0.25) is 0 Å². The Morgan fingerprint density at radius 2 is 1.88 bits per heavy atom. The van der Waals surface area contributed by atoms with Gasteiger partial charge in [-0.3, -0.25) is 4.40 Å². The molecule has 0 aliphatic heterocycles. The van der Waals surface area contributed by atoms with Crippen LogP contribution in [0.5, 0.6) is 0 Å². The molecule has 1 aromatic carbocycles. The van der Waals surface area contributed by atoms with Gasteiger partial charge in [-0.15, -0.1) is 10.2 Å². The highest BCUT2D eigenvalue weighted by Crippen LogP contribution is 2.22. The fourth-order valence-electron chi connectivity index (χ4n) is 1.86. The van der Waals surface area contributed by atoms with E-state index in [0.717, 1.165) is 17.0 Å². The Morgan fingerprint density at radius 3 is 2.71 bits per heavy atom. The van der Waals surface area contributed by atoms with Crippen LogP contribution in [-0.4, -0.2) is 14.6 Å². The van der Waals surface area contributed by atoms with Crippen LogP contribution in [-0.2, 0) is 0 Å². The standard InChI is InChI=1S/C13H10FN3/c1-9-15-16-13-7-6-10(8-17(9)13)11-4-2-3-5-12(11)14/h2-8H,1H3. The summed E-state index contributed by atoms with van der Waals surface area (Å²) >= 11 is 0.